The van der Waals surface area contributed by atoms with Crippen molar-refractivity contribution >= 4 is 38.4 Å². The number of rotatable bonds is 6. The summed E-state index contributed by atoms with van der Waals surface area (Å²) in [6.07, 6.45) is 1.57. The van der Waals surface area contributed by atoms with Gasteiger partial charge < -0.3 is 5.73 Å². The number of hydrogen-bond donors (Lipinski definition) is 2. The van der Waals surface area contributed by atoms with E-state index >= 15 is 0 Å². The Balaban J connectivity index is 0.00000289. The summed E-state index contributed by atoms with van der Waals surface area (Å²) in [5.41, 5.74) is 6.35. The van der Waals surface area contributed by atoms with Gasteiger partial charge in [-0.15, -0.1) is 12.4 Å². The largest absolute Gasteiger partial charge is 0.330 e. The molecule has 0 aromatic heterocycles. The maximum absolute atomic E-state index is 11.9. The van der Waals surface area contributed by atoms with Gasteiger partial charge in [-0.1, -0.05) is 22.0 Å². The topological polar surface area (TPSA) is 72.2 Å². The fourth-order valence-electron chi connectivity index (χ4n) is 1.30. The van der Waals surface area contributed by atoms with Gasteiger partial charge in [0.15, 0.2) is 0 Å². The van der Waals surface area contributed by atoms with Crippen LogP contribution in [0.4, 0.5) is 0 Å². The molecule has 18 heavy (non-hydrogen) atoms. The molecule has 0 aliphatic rings. The lowest BCUT2D eigenvalue weighted by atomic mass is 10.2. The van der Waals surface area contributed by atoms with Crippen LogP contribution >= 0.6 is 28.3 Å². The average molecular weight is 358 g/mol. The van der Waals surface area contributed by atoms with Crippen molar-refractivity contribution in [3.8, 4) is 0 Å². The summed E-state index contributed by atoms with van der Waals surface area (Å²) in [6, 6.07) is 4.99. The first kappa shape index (κ1) is 17.9. The molecule has 0 radical (unpaired) electrons. The number of nitrogens with one attached hydrogen (secondary N) is 1. The van der Waals surface area contributed by atoms with Crippen LogP contribution in [0, 0.1) is 6.92 Å². The van der Waals surface area contributed by atoms with Crippen molar-refractivity contribution in [3.05, 3.63) is 28.2 Å². The molecule has 0 aliphatic carbocycles. The normalized spacial score (nSPS) is 11.1. The zero-order chi connectivity index (χ0) is 12.9. The van der Waals surface area contributed by atoms with E-state index in [1.54, 1.807) is 18.2 Å². The Morgan fingerprint density at radius 1 is 1.33 bits per heavy atom. The summed E-state index contributed by atoms with van der Waals surface area (Å²) in [6.45, 7) is 2.91. The summed E-state index contributed by atoms with van der Waals surface area (Å²) >= 11 is 3.32. The van der Waals surface area contributed by atoms with Crippen LogP contribution in [0.25, 0.3) is 0 Å². The molecule has 0 fully saturated rings. The van der Waals surface area contributed by atoms with E-state index in [9.17, 15) is 8.42 Å². The zero-order valence-electron chi connectivity index (χ0n) is 10.1. The molecule has 0 saturated heterocycles. The predicted octanol–water partition coefficient (Wildman–Crippen LogP) is 2.20. The number of sulfonamides is 1. The fourth-order valence-corrected chi connectivity index (χ4v) is 2.93. The maximum Gasteiger partial charge on any atom is 0.240 e. The maximum atomic E-state index is 11.9. The van der Waals surface area contributed by atoms with E-state index in [0.717, 1.165) is 22.9 Å². The van der Waals surface area contributed by atoms with Gasteiger partial charge in [0.1, 0.15) is 0 Å². The molecule has 3 N–H and O–H groups in total. The van der Waals surface area contributed by atoms with Crippen LogP contribution in [0.2, 0.25) is 0 Å². The fraction of sp³-hybridized carbons (Fsp3) is 0.455. The minimum atomic E-state index is -3.40. The van der Waals surface area contributed by atoms with E-state index < -0.39 is 10.0 Å². The molecule has 0 heterocycles. The molecule has 0 atom stereocenters. The van der Waals surface area contributed by atoms with Gasteiger partial charge in [-0.2, -0.15) is 0 Å². The van der Waals surface area contributed by atoms with Crippen LogP contribution < -0.4 is 10.5 Å². The Kier molecular flexibility index (Phi) is 8.05. The Morgan fingerprint density at radius 2 is 2.00 bits per heavy atom. The van der Waals surface area contributed by atoms with E-state index in [1.165, 1.54) is 0 Å². The third-order valence-corrected chi connectivity index (χ3v) is 4.69. The Hall–Kier alpha value is -0.140. The lowest BCUT2D eigenvalue weighted by molar-refractivity contribution is 0.577. The Labute approximate surface area is 123 Å². The number of halogens is 2. The van der Waals surface area contributed by atoms with Gasteiger partial charge in [0.2, 0.25) is 10.0 Å². The van der Waals surface area contributed by atoms with Gasteiger partial charge in [-0.3, -0.25) is 0 Å². The number of aryl methyl sites for hydroxylation is 1. The number of hydrogen-bond acceptors (Lipinski definition) is 3. The van der Waals surface area contributed by atoms with E-state index in [2.05, 4.69) is 20.7 Å². The highest BCUT2D eigenvalue weighted by atomic mass is 79.9. The number of unbranched alkanes of at least 4 members (excludes halogenated alkanes) is 1. The molecule has 104 valence electrons. The molecule has 0 amide bonds. The SMILES string of the molecule is Cc1ccc(S(=O)(=O)NCCCCN)cc1Br.Cl. The summed E-state index contributed by atoms with van der Waals surface area (Å²) < 4.78 is 27.1. The van der Waals surface area contributed by atoms with Gasteiger partial charge in [-0.25, -0.2) is 13.1 Å². The molecular formula is C11H18BrClN2O2S. The van der Waals surface area contributed by atoms with Crippen molar-refractivity contribution in [2.75, 3.05) is 13.1 Å². The lowest BCUT2D eigenvalue weighted by Crippen LogP contribution is -2.25. The third kappa shape index (κ3) is 5.24. The van der Waals surface area contributed by atoms with Crippen molar-refractivity contribution in [1.29, 1.82) is 0 Å². The first-order chi connectivity index (χ1) is 7.97. The summed E-state index contributed by atoms with van der Waals surface area (Å²) in [4.78, 5) is 0.280. The van der Waals surface area contributed by atoms with Crippen molar-refractivity contribution in [2.45, 2.75) is 24.7 Å². The first-order valence-corrected chi connectivity index (χ1v) is 7.71. The van der Waals surface area contributed by atoms with Crippen LogP contribution in [0.5, 0.6) is 0 Å². The van der Waals surface area contributed by atoms with Crippen LogP contribution in [-0.4, -0.2) is 21.5 Å². The molecule has 0 bridgehead atoms. The van der Waals surface area contributed by atoms with Gasteiger partial charge in [0, 0.05) is 11.0 Å². The molecule has 0 spiro atoms. The smallest absolute Gasteiger partial charge is 0.240 e. The molecular weight excluding hydrogens is 340 g/mol. The molecule has 1 rings (SSSR count). The van der Waals surface area contributed by atoms with Crippen LogP contribution in [-0.2, 0) is 10.0 Å². The molecule has 0 unspecified atom stereocenters. The van der Waals surface area contributed by atoms with Crippen molar-refractivity contribution in [1.82, 2.24) is 4.72 Å². The highest BCUT2D eigenvalue weighted by Crippen LogP contribution is 2.20. The Bertz CT molecular complexity index is 480. The monoisotopic (exact) mass is 356 g/mol. The minimum Gasteiger partial charge on any atom is -0.330 e. The second-order valence-corrected chi connectivity index (χ2v) is 6.43. The molecule has 0 saturated carbocycles. The summed E-state index contributed by atoms with van der Waals surface area (Å²) in [5, 5.41) is 0. The molecule has 4 nitrogen and oxygen atoms in total. The number of nitrogens with two attached hydrogens (primary N) is 1. The summed E-state index contributed by atoms with van der Waals surface area (Å²) in [7, 11) is -3.40. The Morgan fingerprint density at radius 3 is 2.56 bits per heavy atom. The zero-order valence-corrected chi connectivity index (χ0v) is 13.4. The standard InChI is InChI=1S/C11H17BrN2O2S.ClH/c1-9-4-5-10(8-11(9)12)17(15,16)14-7-3-2-6-13;/h4-5,8,14H,2-3,6-7,13H2,1H3;1H. The van der Waals surface area contributed by atoms with Gasteiger partial charge in [0.05, 0.1) is 4.90 Å². The van der Waals surface area contributed by atoms with Crippen molar-refractivity contribution in [3.63, 3.8) is 0 Å². The molecule has 1 aromatic rings. The van der Waals surface area contributed by atoms with Crippen LogP contribution in [0.3, 0.4) is 0 Å². The average Bonchev–Trinajstić information content (AvgIpc) is 2.28. The van der Waals surface area contributed by atoms with E-state index in [1.807, 2.05) is 6.92 Å². The predicted molar refractivity (Wildman–Crippen MR) is 79.6 cm³/mol. The van der Waals surface area contributed by atoms with E-state index in [0.29, 0.717) is 13.1 Å². The van der Waals surface area contributed by atoms with Gasteiger partial charge >= 0.3 is 0 Å². The quantitative estimate of drug-likeness (QED) is 0.767. The van der Waals surface area contributed by atoms with Gasteiger partial charge in [-0.05, 0) is 44.0 Å². The lowest BCUT2D eigenvalue weighted by Gasteiger charge is -2.07. The second-order valence-electron chi connectivity index (χ2n) is 3.80. The molecule has 1 aromatic carbocycles. The van der Waals surface area contributed by atoms with Crippen LogP contribution in [0.1, 0.15) is 18.4 Å². The highest BCUT2D eigenvalue weighted by molar-refractivity contribution is 9.10. The van der Waals surface area contributed by atoms with Crippen molar-refractivity contribution < 1.29 is 8.42 Å². The summed E-state index contributed by atoms with van der Waals surface area (Å²) in [5.74, 6) is 0. The van der Waals surface area contributed by atoms with Crippen LogP contribution in [0.15, 0.2) is 27.6 Å². The number of benzene rings is 1. The highest BCUT2D eigenvalue weighted by Gasteiger charge is 2.13. The van der Waals surface area contributed by atoms with Crippen molar-refractivity contribution in [2.24, 2.45) is 5.73 Å². The first-order valence-electron chi connectivity index (χ1n) is 5.43. The molecule has 0 aliphatic heterocycles. The molecule has 7 heteroatoms. The van der Waals surface area contributed by atoms with E-state index in [4.69, 9.17) is 5.73 Å². The second kappa shape index (κ2) is 8.12. The van der Waals surface area contributed by atoms with Gasteiger partial charge in [0.25, 0.3) is 0 Å². The third-order valence-electron chi connectivity index (χ3n) is 2.38. The van der Waals surface area contributed by atoms with E-state index in [-0.39, 0.29) is 17.3 Å². The minimum absolute atomic E-state index is 0.